The van der Waals surface area contributed by atoms with Crippen LogP contribution in [0.4, 0.5) is 0 Å². The highest BCUT2D eigenvalue weighted by atomic mass is 14.7. The molecule has 0 saturated heterocycles. The normalized spacial score (nSPS) is 15.0. The van der Waals surface area contributed by atoms with Crippen molar-refractivity contribution in [3.63, 3.8) is 0 Å². The molecule has 0 unspecified atom stereocenters. The smallest absolute Gasteiger partial charge is 0.0378 e. The molecule has 1 fully saturated rings. The molecule has 43 heavy (non-hydrogen) atoms. The van der Waals surface area contributed by atoms with Crippen LogP contribution in [0.15, 0.2) is 59.7 Å². The minimum Gasteiger partial charge on any atom is -0.296 e. The molecule has 1 aliphatic rings. The topological polar surface area (TPSA) is 25.2 Å². The highest BCUT2D eigenvalue weighted by molar-refractivity contribution is 6.09. The third-order valence-corrected chi connectivity index (χ3v) is 6.43. The van der Waals surface area contributed by atoms with Gasteiger partial charge in [0.15, 0.2) is 0 Å². The molecule has 2 aromatic rings. The number of rotatable bonds is 5. The maximum Gasteiger partial charge on any atom is 0.0378 e. The van der Waals surface area contributed by atoms with Crippen molar-refractivity contribution < 1.29 is 0 Å². The standard InChI is InChI=1S/C13H18.C11H14N2.C8H16.C3H8.3C2H6/c1-10(2)5-7-13-8-6-11(3)9-12(13)4;1-4-10(8-12-3)11-5-6-13-9(2)7-11;1-7-3-5-8(2)6-4-7;1-3-2;3*1-2/h6,8-9H,1,5,7H2,2-4H3;4-8H,1-3H3;7-8H,3-6H2,1-2H3;3H2,1-2H3;3*1-2H3/b;10-4+,12-8?;;;;;. The molecule has 248 valence electrons. The number of aromatic nitrogens is 1. The second-order valence-corrected chi connectivity index (χ2v) is 10.8. The predicted molar refractivity (Wildman–Crippen MR) is 203 cm³/mol. The van der Waals surface area contributed by atoms with E-state index in [4.69, 9.17) is 0 Å². The Bertz CT molecular complexity index is 934. The van der Waals surface area contributed by atoms with E-state index in [1.807, 2.05) is 79.9 Å². The molecule has 2 heteroatoms. The summed E-state index contributed by atoms with van der Waals surface area (Å²) in [6, 6.07) is 10.7. The maximum atomic E-state index is 4.14. The van der Waals surface area contributed by atoms with Crippen molar-refractivity contribution in [2.24, 2.45) is 16.8 Å². The molecule has 1 heterocycles. The van der Waals surface area contributed by atoms with E-state index in [0.29, 0.717) is 0 Å². The number of benzene rings is 1. The maximum absolute atomic E-state index is 4.14. The first-order valence-electron chi connectivity index (χ1n) is 17.3. The molecule has 1 aromatic heterocycles. The number of aryl methyl sites for hydroxylation is 4. The Morgan fingerprint density at radius 1 is 0.884 bits per heavy atom. The van der Waals surface area contributed by atoms with Gasteiger partial charge in [-0.2, -0.15) is 0 Å². The fraction of sp³-hybridized carbons (Fsp3) is 0.610. The Morgan fingerprint density at radius 3 is 1.74 bits per heavy atom. The van der Waals surface area contributed by atoms with Gasteiger partial charge in [0.25, 0.3) is 0 Å². The molecule has 1 saturated carbocycles. The highest BCUT2D eigenvalue weighted by Crippen LogP contribution is 2.27. The van der Waals surface area contributed by atoms with E-state index in [9.17, 15) is 0 Å². The van der Waals surface area contributed by atoms with Gasteiger partial charge in [0, 0.05) is 25.2 Å². The Hall–Kier alpha value is -2.48. The summed E-state index contributed by atoms with van der Waals surface area (Å²) in [6.45, 7) is 35.3. The van der Waals surface area contributed by atoms with E-state index in [1.165, 1.54) is 59.9 Å². The summed E-state index contributed by atoms with van der Waals surface area (Å²) in [5, 5.41) is 0. The Kier molecular flexibility index (Phi) is 37.5. The van der Waals surface area contributed by atoms with E-state index in [2.05, 4.69) is 89.3 Å². The van der Waals surface area contributed by atoms with Gasteiger partial charge in [-0.25, -0.2) is 0 Å². The average Bonchev–Trinajstić information content (AvgIpc) is 3.01. The van der Waals surface area contributed by atoms with Crippen LogP contribution >= 0.6 is 0 Å². The minimum absolute atomic E-state index is 1.02. The zero-order chi connectivity index (χ0) is 34.2. The number of hydrogen-bond donors (Lipinski definition) is 0. The van der Waals surface area contributed by atoms with E-state index < -0.39 is 0 Å². The van der Waals surface area contributed by atoms with Crippen LogP contribution in [0.25, 0.3) is 5.57 Å². The number of hydrogen-bond acceptors (Lipinski definition) is 2. The van der Waals surface area contributed by atoms with Crippen LogP contribution in [0.2, 0.25) is 0 Å². The Balaban J connectivity index is -0.000000238. The van der Waals surface area contributed by atoms with E-state index in [-0.39, 0.29) is 0 Å². The summed E-state index contributed by atoms with van der Waals surface area (Å²) in [5.74, 6) is 2.04. The van der Waals surface area contributed by atoms with Crippen LogP contribution in [0, 0.1) is 32.6 Å². The largest absolute Gasteiger partial charge is 0.296 e. The highest BCUT2D eigenvalue weighted by Gasteiger charge is 2.13. The van der Waals surface area contributed by atoms with E-state index in [0.717, 1.165) is 35.9 Å². The number of aliphatic imine (C=N–C) groups is 1. The molecular weight excluding hydrogens is 520 g/mol. The third kappa shape index (κ3) is 28.1. The van der Waals surface area contributed by atoms with Gasteiger partial charge in [-0.15, -0.1) is 6.58 Å². The molecule has 0 amide bonds. The zero-order valence-electron chi connectivity index (χ0n) is 31.8. The zero-order valence-corrected chi connectivity index (χ0v) is 31.8. The molecule has 0 bridgehead atoms. The van der Waals surface area contributed by atoms with Crippen LogP contribution in [0.3, 0.4) is 0 Å². The summed E-state index contributed by atoms with van der Waals surface area (Å²) < 4.78 is 0. The van der Waals surface area contributed by atoms with Crippen molar-refractivity contribution in [3.05, 3.63) is 82.7 Å². The van der Waals surface area contributed by atoms with E-state index in [1.54, 1.807) is 7.05 Å². The number of allylic oxidation sites excluding steroid dienone is 3. The van der Waals surface area contributed by atoms with Crippen LogP contribution < -0.4 is 0 Å². The van der Waals surface area contributed by atoms with Gasteiger partial charge in [-0.1, -0.05) is 137 Å². The van der Waals surface area contributed by atoms with Gasteiger partial charge < -0.3 is 0 Å². The third-order valence-electron chi connectivity index (χ3n) is 6.43. The predicted octanol–water partition coefficient (Wildman–Crippen LogP) is 13.6. The minimum atomic E-state index is 1.02. The molecule has 0 aliphatic heterocycles. The first kappa shape index (κ1) is 47.5. The van der Waals surface area contributed by atoms with Crippen LogP contribution in [-0.4, -0.2) is 18.2 Å². The lowest BCUT2D eigenvalue weighted by molar-refractivity contribution is 0.308. The second kappa shape index (κ2) is 34.0. The molecule has 3 rings (SSSR count). The molecule has 0 radical (unpaired) electrons. The van der Waals surface area contributed by atoms with Gasteiger partial charge in [0.05, 0.1) is 0 Å². The summed E-state index contributed by atoms with van der Waals surface area (Å²) in [7, 11) is 1.78. The molecular formula is C41H74N2. The SMILES string of the molecule is C/C=C(\C=NC)c1ccnc(C)c1.C=C(C)CCc1ccc(C)cc1C.CC.CC.CC.CC1CCC(C)CC1.CCC. The van der Waals surface area contributed by atoms with Gasteiger partial charge in [0.2, 0.25) is 0 Å². The van der Waals surface area contributed by atoms with Crippen molar-refractivity contribution in [2.45, 2.75) is 149 Å². The summed E-state index contributed by atoms with van der Waals surface area (Å²) in [6.07, 6.45) is 15.1. The van der Waals surface area contributed by atoms with Crippen LogP contribution in [0.5, 0.6) is 0 Å². The van der Waals surface area contributed by atoms with Gasteiger partial charge in [-0.05, 0) is 93.7 Å². The fourth-order valence-electron chi connectivity index (χ4n) is 4.08. The number of pyridine rings is 1. The first-order chi connectivity index (χ1) is 20.6. The van der Waals surface area contributed by atoms with Crippen molar-refractivity contribution in [1.29, 1.82) is 0 Å². The van der Waals surface area contributed by atoms with Crippen molar-refractivity contribution >= 4 is 11.8 Å². The molecule has 1 aliphatic carbocycles. The number of nitrogens with zero attached hydrogens (tertiary/aromatic N) is 2. The quantitative estimate of drug-likeness (QED) is 0.250. The second-order valence-electron chi connectivity index (χ2n) is 10.8. The molecule has 0 N–H and O–H groups in total. The molecule has 0 atom stereocenters. The first-order valence-corrected chi connectivity index (χ1v) is 17.3. The van der Waals surface area contributed by atoms with Gasteiger partial charge >= 0.3 is 0 Å². The van der Waals surface area contributed by atoms with Crippen molar-refractivity contribution in [1.82, 2.24) is 4.98 Å². The van der Waals surface area contributed by atoms with Gasteiger partial charge in [0.1, 0.15) is 0 Å². The van der Waals surface area contributed by atoms with Crippen molar-refractivity contribution in [2.75, 3.05) is 7.05 Å². The summed E-state index contributed by atoms with van der Waals surface area (Å²) in [4.78, 5) is 8.14. The van der Waals surface area contributed by atoms with Crippen LogP contribution in [-0.2, 0) is 6.42 Å². The summed E-state index contributed by atoms with van der Waals surface area (Å²) >= 11 is 0. The molecule has 1 aromatic carbocycles. The Morgan fingerprint density at radius 2 is 1.37 bits per heavy atom. The Labute approximate surface area is 271 Å². The lowest BCUT2D eigenvalue weighted by Gasteiger charge is -2.22. The fourth-order valence-corrected chi connectivity index (χ4v) is 4.08. The monoisotopic (exact) mass is 595 g/mol. The average molecular weight is 595 g/mol. The van der Waals surface area contributed by atoms with Gasteiger partial charge in [-0.3, -0.25) is 9.98 Å². The summed E-state index contributed by atoms with van der Waals surface area (Å²) in [5.41, 5.74) is 8.79. The van der Waals surface area contributed by atoms with E-state index >= 15 is 0 Å². The van der Waals surface area contributed by atoms with Crippen LogP contribution in [0.1, 0.15) is 150 Å². The molecule has 0 spiro atoms. The lowest BCUT2D eigenvalue weighted by atomic mass is 9.84. The van der Waals surface area contributed by atoms with Crippen molar-refractivity contribution in [3.8, 4) is 0 Å². The lowest BCUT2D eigenvalue weighted by Crippen LogP contribution is -2.08. The molecule has 2 nitrogen and oxygen atoms in total.